The van der Waals surface area contributed by atoms with E-state index in [9.17, 15) is 9.59 Å². The highest BCUT2D eigenvalue weighted by Gasteiger charge is 2.30. The van der Waals surface area contributed by atoms with Crippen LogP contribution in [0, 0.1) is 6.92 Å². The van der Waals surface area contributed by atoms with Gasteiger partial charge in [-0.15, -0.1) is 11.6 Å². The van der Waals surface area contributed by atoms with Crippen molar-refractivity contribution in [2.75, 3.05) is 0 Å². The van der Waals surface area contributed by atoms with Gasteiger partial charge in [-0.2, -0.15) is 0 Å². The lowest BCUT2D eigenvalue weighted by molar-refractivity contribution is -0.134. The summed E-state index contributed by atoms with van der Waals surface area (Å²) in [7, 11) is 0. The van der Waals surface area contributed by atoms with Crippen LogP contribution in [0.4, 0.5) is 0 Å². The number of aryl methyl sites for hydroxylation is 1. The van der Waals surface area contributed by atoms with Crippen LogP contribution < -0.4 is 9.47 Å². The minimum Gasteiger partial charge on any atom is -0.452 e. The van der Waals surface area contributed by atoms with Crippen molar-refractivity contribution in [3.63, 3.8) is 0 Å². The van der Waals surface area contributed by atoms with Crippen molar-refractivity contribution in [1.82, 2.24) is 0 Å². The molecule has 0 amide bonds. The van der Waals surface area contributed by atoms with Gasteiger partial charge in [0.05, 0.1) is 5.56 Å². The third-order valence-electron chi connectivity index (χ3n) is 4.80. The number of ketones is 1. The Morgan fingerprint density at radius 3 is 2.42 bits per heavy atom. The quantitative estimate of drug-likeness (QED) is 0.214. The van der Waals surface area contributed by atoms with Crippen LogP contribution in [-0.2, 0) is 4.79 Å². The van der Waals surface area contributed by atoms with E-state index in [1.807, 2.05) is 42.5 Å². The van der Waals surface area contributed by atoms with E-state index in [0.29, 0.717) is 22.4 Å². The number of fused-ring (bicyclic) bond motifs is 1. The number of carbonyl (C=O) groups excluding carboxylic acids is 2. The molecule has 0 N–H and O–H groups in total. The summed E-state index contributed by atoms with van der Waals surface area (Å²) < 4.78 is 11.2. The lowest BCUT2D eigenvalue weighted by atomic mass is 10.0. The molecule has 154 valence electrons. The van der Waals surface area contributed by atoms with Gasteiger partial charge < -0.3 is 9.47 Å². The number of esters is 1. The molecule has 0 saturated heterocycles. The molecular formula is C26H19ClO4. The highest BCUT2D eigenvalue weighted by atomic mass is 35.5. The Morgan fingerprint density at radius 1 is 1.03 bits per heavy atom. The number of hydrogen-bond donors (Lipinski definition) is 0. The molecule has 0 fully saturated rings. The Hall–Kier alpha value is -3.63. The van der Waals surface area contributed by atoms with Gasteiger partial charge in [0.1, 0.15) is 11.5 Å². The minimum atomic E-state index is -0.934. The van der Waals surface area contributed by atoms with Gasteiger partial charge in [-0.1, -0.05) is 72.8 Å². The number of benzene rings is 3. The summed E-state index contributed by atoms with van der Waals surface area (Å²) in [5.41, 5.74) is 2.78. The first-order valence-electron chi connectivity index (χ1n) is 9.74. The van der Waals surface area contributed by atoms with Crippen molar-refractivity contribution < 1.29 is 19.1 Å². The second-order valence-corrected chi connectivity index (χ2v) is 7.48. The molecule has 1 atom stereocenters. The van der Waals surface area contributed by atoms with Gasteiger partial charge in [-0.25, -0.2) is 4.79 Å². The summed E-state index contributed by atoms with van der Waals surface area (Å²) in [6.07, 6.45) is 5.28. The third kappa shape index (κ3) is 4.60. The number of hydrogen-bond acceptors (Lipinski definition) is 4. The Kier molecular flexibility index (Phi) is 6.01. The van der Waals surface area contributed by atoms with Crippen molar-refractivity contribution >= 4 is 29.4 Å². The Morgan fingerprint density at radius 2 is 1.71 bits per heavy atom. The highest BCUT2D eigenvalue weighted by Crippen LogP contribution is 2.37. The van der Waals surface area contributed by atoms with Crippen LogP contribution in [-0.4, -0.2) is 11.8 Å². The average Bonchev–Trinajstić information content (AvgIpc) is 3.10. The van der Waals surface area contributed by atoms with E-state index >= 15 is 0 Å². The van der Waals surface area contributed by atoms with Crippen LogP contribution in [0.3, 0.4) is 0 Å². The number of alkyl halides is 1. The summed E-state index contributed by atoms with van der Waals surface area (Å²) in [5.74, 6) is 0.0451. The summed E-state index contributed by atoms with van der Waals surface area (Å²) in [6, 6.07) is 21.9. The topological polar surface area (TPSA) is 52.6 Å². The van der Waals surface area contributed by atoms with Gasteiger partial charge >= 0.3 is 5.97 Å². The van der Waals surface area contributed by atoms with E-state index in [2.05, 4.69) is 0 Å². The standard InChI is InChI=1S/C26H19ClO4/c1-17-15-20(30-26(29)24(27)19-12-6-3-7-13-19)16-22-23(17)25(28)21(31-22)14-8-11-18-9-4-2-5-10-18/h2-16,24H,1H3/b11-8+,21-14-. The molecule has 0 saturated carbocycles. The zero-order valence-electron chi connectivity index (χ0n) is 16.7. The number of ether oxygens (including phenoxy) is 2. The van der Waals surface area contributed by atoms with Crippen molar-refractivity contribution in [2.45, 2.75) is 12.3 Å². The van der Waals surface area contributed by atoms with E-state index < -0.39 is 11.3 Å². The number of Topliss-reactive ketones (excluding diaryl/α,β-unsaturated/α-hetero) is 1. The van der Waals surface area contributed by atoms with Gasteiger partial charge in [0.15, 0.2) is 11.1 Å². The normalized spacial score (nSPS) is 15.0. The zero-order chi connectivity index (χ0) is 21.8. The number of halogens is 1. The Labute approximate surface area is 185 Å². The zero-order valence-corrected chi connectivity index (χ0v) is 17.5. The smallest absolute Gasteiger partial charge is 0.334 e. The molecule has 4 rings (SSSR count). The molecule has 0 spiro atoms. The van der Waals surface area contributed by atoms with Gasteiger partial charge in [-0.3, -0.25) is 4.79 Å². The molecule has 1 unspecified atom stereocenters. The minimum absolute atomic E-state index is 0.206. The number of rotatable bonds is 5. The Bertz CT molecular complexity index is 1180. The van der Waals surface area contributed by atoms with Gasteiger partial charge in [0, 0.05) is 6.07 Å². The molecule has 3 aromatic rings. The number of allylic oxidation sites excluding steroid dienone is 3. The maximum Gasteiger partial charge on any atom is 0.334 e. The molecule has 1 aliphatic heterocycles. The SMILES string of the molecule is Cc1cc(OC(=O)C(Cl)c2ccccc2)cc2c1C(=O)/C(=C/C=C/c1ccccc1)O2. The lowest BCUT2D eigenvalue weighted by Gasteiger charge is -2.11. The van der Waals surface area contributed by atoms with E-state index in [4.69, 9.17) is 21.1 Å². The van der Waals surface area contributed by atoms with E-state index in [1.54, 1.807) is 49.4 Å². The largest absolute Gasteiger partial charge is 0.452 e. The van der Waals surface area contributed by atoms with Gasteiger partial charge in [0.2, 0.25) is 5.78 Å². The molecule has 0 aromatic heterocycles. The van der Waals surface area contributed by atoms with Crippen molar-refractivity contribution in [3.05, 3.63) is 113 Å². The summed E-state index contributed by atoms with van der Waals surface area (Å²) >= 11 is 6.24. The van der Waals surface area contributed by atoms with Crippen LogP contribution >= 0.6 is 11.6 Å². The molecule has 0 radical (unpaired) electrons. The molecule has 31 heavy (non-hydrogen) atoms. The second-order valence-electron chi connectivity index (χ2n) is 7.04. The van der Waals surface area contributed by atoms with Crippen LogP contribution in [0.2, 0.25) is 0 Å². The molecule has 3 aromatic carbocycles. The van der Waals surface area contributed by atoms with E-state index in [0.717, 1.165) is 5.56 Å². The maximum absolute atomic E-state index is 12.7. The van der Waals surface area contributed by atoms with Gasteiger partial charge in [-0.05, 0) is 35.8 Å². The summed E-state index contributed by atoms with van der Waals surface area (Å²) in [4.78, 5) is 25.2. The van der Waals surface area contributed by atoms with Crippen molar-refractivity contribution in [1.29, 1.82) is 0 Å². The first-order chi connectivity index (χ1) is 15.0. The van der Waals surface area contributed by atoms with Crippen LogP contribution in [0.25, 0.3) is 6.08 Å². The van der Waals surface area contributed by atoms with Crippen molar-refractivity contribution in [2.24, 2.45) is 0 Å². The molecule has 0 bridgehead atoms. The fraction of sp³-hybridized carbons (Fsp3) is 0.0769. The predicted octanol–water partition coefficient (Wildman–Crippen LogP) is 6.05. The second kappa shape index (κ2) is 9.02. The van der Waals surface area contributed by atoms with Crippen LogP contribution in [0.15, 0.2) is 90.7 Å². The fourth-order valence-electron chi connectivity index (χ4n) is 3.29. The summed E-state index contributed by atoms with van der Waals surface area (Å²) in [5, 5.41) is -0.934. The van der Waals surface area contributed by atoms with E-state index in [1.165, 1.54) is 6.07 Å². The average molecular weight is 431 g/mol. The lowest BCUT2D eigenvalue weighted by Crippen LogP contribution is -2.14. The van der Waals surface area contributed by atoms with Crippen LogP contribution in [0.5, 0.6) is 11.5 Å². The molecule has 1 aliphatic rings. The molecular weight excluding hydrogens is 412 g/mol. The fourth-order valence-corrected chi connectivity index (χ4v) is 3.48. The molecule has 5 heteroatoms. The first kappa shape index (κ1) is 20.6. The maximum atomic E-state index is 12.7. The van der Waals surface area contributed by atoms with Gasteiger partial charge in [0.25, 0.3) is 0 Å². The highest BCUT2D eigenvalue weighted by molar-refractivity contribution is 6.30. The first-order valence-corrected chi connectivity index (χ1v) is 10.2. The molecule has 1 heterocycles. The Balaban J connectivity index is 1.51. The molecule has 4 nitrogen and oxygen atoms in total. The van der Waals surface area contributed by atoms with Crippen LogP contribution in [0.1, 0.15) is 32.4 Å². The van der Waals surface area contributed by atoms with Crippen molar-refractivity contribution in [3.8, 4) is 11.5 Å². The number of carbonyl (C=O) groups is 2. The third-order valence-corrected chi connectivity index (χ3v) is 5.23. The molecule has 0 aliphatic carbocycles. The monoisotopic (exact) mass is 430 g/mol. The predicted molar refractivity (Wildman–Crippen MR) is 120 cm³/mol. The summed E-state index contributed by atoms with van der Waals surface area (Å²) in [6.45, 7) is 1.77. The van der Waals surface area contributed by atoms with E-state index in [-0.39, 0.29) is 17.3 Å².